The molecule has 0 aliphatic carbocycles. The Bertz CT molecular complexity index is 253. The van der Waals surface area contributed by atoms with Crippen molar-refractivity contribution in [3.8, 4) is 0 Å². The van der Waals surface area contributed by atoms with E-state index >= 15 is 0 Å². The predicted octanol–water partition coefficient (Wildman–Crippen LogP) is 1.91. The fourth-order valence-electron chi connectivity index (χ4n) is 1.01. The minimum absolute atomic E-state index is 0.816. The highest BCUT2D eigenvalue weighted by atomic mass is 32.1. The first kappa shape index (κ1) is 6.85. The van der Waals surface area contributed by atoms with Crippen LogP contribution in [0.3, 0.4) is 0 Å². The van der Waals surface area contributed by atoms with Crippen LogP contribution < -0.4 is 0 Å². The van der Waals surface area contributed by atoms with Gasteiger partial charge in [-0.3, -0.25) is 4.99 Å². The smallest absolute Gasteiger partial charge is 0.226 e. The molecule has 2 heterocycles. The number of hydrogen-bond acceptors (Lipinski definition) is 3. The summed E-state index contributed by atoms with van der Waals surface area (Å²) in [6.45, 7) is 1.73. The number of nitrogens with zero attached hydrogens (tertiary/aromatic N) is 1. The molecule has 58 valence electrons. The van der Waals surface area contributed by atoms with Gasteiger partial charge in [0.25, 0.3) is 0 Å². The molecule has 0 aromatic carbocycles. The summed E-state index contributed by atoms with van der Waals surface area (Å²) < 4.78 is 5.38. The molecule has 0 saturated carbocycles. The number of rotatable bonds is 1. The topological polar surface area (TPSA) is 21.6 Å². The molecule has 1 aliphatic heterocycles. The van der Waals surface area contributed by atoms with Gasteiger partial charge in [0.2, 0.25) is 5.90 Å². The summed E-state index contributed by atoms with van der Waals surface area (Å²) in [6.07, 6.45) is 1.05. The standard InChI is InChI=1S/C8H9NOS/c1-3-7(11-6-1)8-9-4-2-5-10-8/h1,3,6H,2,4-5H2. The molecule has 0 spiro atoms. The van der Waals surface area contributed by atoms with Gasteiger partial charge in [-0.1, -0.05) is 6.07 Å². The van der Waals surface area contributed by atoms with E-state index in [2.05, 4.69) is 4.99 Å². The molecular weight excluding hydrogens is 158 g/mol. The molecule has 1 aromatic rings. The van der Waals surface area contributed by atoms with Crippen LogP contribution in [-0.4, -0.2) is 19.0 Å². The zero-order valence-corrected chi connectivity index (χ0v) is 6.93. The van der Waals surface area contributed by atoms with Crippen molar-refractivity contribution in [1.82, 2.24) is 0 Å². The van der Waals surface area contributed by atoms with Crippen LogP contribution >= 0.6 is 11.3 Å². The molecule has 11 heavy (non-hydrogen) atoms. The Morgan fingerprint density at radius 3 is 3.18 bits per heavy atom. The summed E-state index contributed by atoms with van der Waals surface area (Å²) in [4.78, 5) is 5.42. The number of ether oxygens (including phenoxy) is 1. The van der Waals surface area contributed by atoms with E-state index in [0.717, 1.165) is 30.3 Å². The lowest BCUT2D eigenvalue weighted by Gasteiger charge is -2.11. The summed E-state index contributed by atoms with van der Waals surface area (Å²) in [7, 11) is 0. The molecule has 1 aromatic heterocycles. The first-order chi connectivity index (χ1) is 5.47. The van der Waals surface area contributed by atoms with Crippen molar-refractivity contribution in [3.63, 3.8) is 0 Å². The fourth-order valence-corrected chi connectivity index (χ4v) is 1.69. The molecule has 0 atom stereocenters. The average Bonchev–Trinajstić information content (AvgIpc) is 2.58. The van der Waals surface area contributed by atoms with Gasteiger partial charge in [-0.15, -0.1) is 11.3 Å². The van der Waals surface area contributed by atoms with Crippen molar-refractivity contribution in [2.24, 2.45) is 4.99 Å². The first-order valence-electron chi connectivity index (χ1n) is 3.68. The number of thiophene rings is 1. The fraction of sp³-hybridized carbons (Fsp3) is 0.375. The Labute approximate surface area is 69.5 Å². The third kappa shape index (κ3) is 1.43. The second-order valence-corrected chi connectivity index (χ2v) is 3.31. The van der Waals surface area contributed by atoms with Gasteiger partial charge in [0, 0.05) is 13.0 Å². The van der Waals surface area contributed by atoms with E-state index in [4.69, 9.17) is 4.74 Å². The van der Waals surface area contributed by atoms with Crippen molar-refractivity contribution in [3.05, 3.63) is 22.4 Å². The molecular formula is C8H9NOS. The normalized spacial score (nSPS) is 17.3. The van der Waals surface area contributed by atoms with E-state index in [1.165, 1.54) is 0 Å². The lowest BCUT2D eigenvalue weighted by molar-refractivity contribution is 0.285. The van der Waals surface area contributed by atoms with E-state index < -0.39 is 0 Å². The van der Waals surface area contributed by atoms with Crippen molar-refractivity contribution < 1.29 is 4.74 Å². The van der Waals surface area contributed by atoms with Crippen molar-refractivity contribution in [2.45, 2.75) is 6.42 Å². The van der Waals surface area contributed by atoms with Crippen LogP contribution in [0.4, 0.5) is 0 Å². The summed E-state index contributed by atoms with van der Waals surface area (Å²) in [5, 5.41) is 2.04. The summed E-state index contributed by atoms with van der Waals surface area (Å²) >= 11 is 1.67. The lowest BCUT2D eigenvalue weighted by Crippen LogP contribution is -2.13. The van der Waals surface area contributed by atoms with Crippen molar-refractivity contribution in [1.29, 1.82) is 0 Å². The van der Waals surface area contributed by atoms with E-state index in [9.17, 15) is 0 Å². The van der Waals surface area contributed by atoms with Gasteiger partial charge in [0.15, 0.2) is 0 Å². The molecule has 3 heteroatoms. The van der Waals surface area contributed by atoms with Gasteiger partial charge in [0.05, 0.1) is 11.5 Å². The molecule has 0 unspecified atom stereocenters. The van der Waals surface area contributed by atoms with E-state index in [1.54, 1.807) is 11.3 Å². The zero-order valence-electron chi connectivity index (χ0n) is 6.12. The zero-order chi connectivity index (χ0) is 7.52. The third-order valence-electron chi connectivity index (χ3n) is 1.53. The van der Waals surface area contributed by atoms with Crippen molar-refractivity contribution in [2.75, 3.05) is 13.2 Å². The molecule has 0 amide bonds. The van der Waals surface area contributed by atoms with Gasteiger partial charge < -0.3 is 4.74 Å². The highest BCUT2D eigenvalue weighted by Crippen LogP contribution is 2.13. The highest BCUT2D eigenvalue weighted by Gasteiger charge is 2.08. The second kappa shape index (κ2) is 3.05. The maximum Gasteiger partial charge on any atom is 0.226 e. The Kier molecular flexibility index (Phi) is 1.90. The van der Waals surface area contributed by atoms with Crippen LogP contribution in [0.1, 0.15) is 11.3 Å². The molecule has 0 radical (unpaired) electrons. The SMILES string of the molecule is c1csc(C2=NCCCO2)c1. The summed E-state index contributed by atoms with van der Waals surface area (Å²) in [5.74, 6) is 0.825. The van der Waals surface area contributed by atoms with Gasteiger partial charge in [-0.25, -0.2) is 0 Å². The van der Waals surface area contributed by atoms with E-state index in [0.29, 0.717) is 0 Å². The average molecular weight is 167 g/mol. The Morgan fingerprint density at radius 1 is 1.55 bits per heavy atom. The Balaban J connectivity index is 2.22. The van der Waals surface area contributed by atoms with E-state index in [1.807, 2.05) is 17.5 Å². The van der Waals surface area contributed by atoms with Crippen molar-refractivity contribution >= 4 is 17.2 Å². The lowest BCUT2D eigenvalue weighted by atomic mass is 10.4. The monoisotopic (exact) mass is 167 g/mol. The maximum atomic E-state index is 5.38. The molecule has 2 rings (SSSR count). The second-order valence-electron chi connectivity index (χ2n) is 2.37. The highest BCUT2D eigenvalue weighted by molar-refractivity contribution is 7.12. The van der Waals surface area contributed by atoms with Crippen LogP contribution in [0, 0.1) is 0 Å². The summed E-state index contributed by atoms with van der Waals surface area (Å²) in [5.41, 5.74) is 0. The van der Waals surface area contributed by atoms with Crippen LogP contribution in [0.25, 0.3) is 0 Å². The third-order valence-corrected chi connectivity index (χ3v) is 2.39. The van der Waals surface area contributed by atoms with E-state index in [-0.39, 0.29) is 0 Å². The largest absolute Gasteiger partial charge is 0.477 e. The molecule has 0 N–H and O–H groups in total. The predicted molar refractivity (Wildman–Crippen MR) is 46.3 cm³/mol. The van der Waals surface area contributed by atoms with Crippen LogP contribution in [0.15, 0.2) is 22.5 Å². The number of hydrogen-bond donors (Lipinski definition) is 0. The molecule has 0 bridgehead atoms. The molecule has 0 fully saturated rings. The maximum absolute atomic E-state index is 5.38. The quantitative estimate of drug-likeness (QED) is 0.626. The molecule has 1 aliphatic rings. The van der Waals surface area contributed by atoms with Crippen LogP contribution in [0.5, 0.6) is 0 Å². The Hall–Kier alpha value is -0.830. The van der Waals surface area contributed by atoms with Gasteiger partial charge >= 0.3 is 0 Å². The summed E-state index contributed by atoms with van der Waals surface area (Å²) in [6, 6.07) is 4.05. The van der Waals surface area contributed by atoms with Gasteiger partial charge in [-0.05, 0) is 11.4 Å². The molecule has 0 saturated heterocycles. The minimum atomic E-state index is 0.816. The number of aliphatic imine (C=N–C) groups is 1. The first-order valence-corrected chi connectivity index (χ1v) is 4.56. The Morgan fingerprint density at radius 2 is 2.55 bits per heavy atom. The minimum Gasteiger partial charge on any atom is -0.477 e. The van der Waals surface area contributed by atoms with Crippen LogP contribution in [0.2, 0.25) is 0 Å². The van der Waals surface area contributed by atoms with Gasteiger partial charge in [0.1, 0.15) is 0 Å². The van der Waals surface area contributed by atoms with Crippen LogP contribution in [-0.2, 0) is 4.74 Å². The van der Waals surface area contributed by atoms with Gasteiger partial charge in [-0.2, -0.15) is 0 Å². The molecule has 2 nitrogen and oxygen atoms in total.